The minimum absolute atomic E-state index is 0.00615. The number of fused-ring (bicyclic) bond motifs is 1. The monoisotopic (exact) mass is 503 g/mol. The number of hydrogen-bond donors (Lipinski definition) is 2. The van der Waals surface area contributed by atoms with Gasteiger partial charge in [-0.05, 0) is 50.5 Å². The minimum atomic E-state index is -2.97. The third-order valence-electron chi connectivity index (χ3n) is 5.84. The standard InChI is InChI=1S/C24H29N3O5S2/c1-14(2)32-19-6-5-15(11-20(19)31-4)18-13-27(3)24(28)17-12-21(33-22(17)18)23(25)26-16-7-9-34(29,30)10-8-16/h5-6,11-14,16H,7-10H2,1-4H3,(H2,25,26). The van der Waals surface area contributed by atoms with Crippen molar-refractivity contribution in [1.82, 2.24) is 9.88 Å². The molecule has 0 atom stereocenters. The van der Waals surface area contributed by atoms with E-state index in [2.05, 4.69) is 5.32 Å². The molecule has 34 heavy (non-hydrogen) atoms. The van der Waals surface area contributed by atoms with Crippen LogP contribution < -0.4 is 20.3 Å². The average molecular weight is 504 g/mol. The number of rotatable bonds is 6. The van der Waals surface area contributed by atoms with E-state index in [1.807, 2.05) is 32.0 Å². The molecule has 182 valence electrons. The highest BCUT2D eigenvalue weighted by molar-refractivity contribution is 7.91. The average Bonchev–Trinajstić information content (AvgIpc) is 3.24. The largest absolute Gasteiger partial charge is 0.493 e. The molecular formula is C24H29N3O5S2. The summed E-state index contributed by atoms with van der Waals surface area (Å²) < 4.78 is 37.1. The van der Waals surface area contributed by atoms with E-state index in [4.69, 9.17) is 14.9 Å². The second-order valence-corrected chi connectivity index (χ2v) is 12.1. The second-order valence-electron chi connectivity index (χ2n) is 8.79. The topological polar surface area (TPSA) is 110 Å². The maximum absolute atomic E-state index is 12.9. The number of methoxy groups -OCH3 is 1. The molecular weight excluding hydrogens is 474 g/mol. The van der Waals surface area contributed by atoms with Gasteiger partial charge in [-0.25, -0.2) is 8.42 Å². The molecule has 0 spiro atoms. The summed E-state index contributed by atoms with van der Waals surface area (Å²) in [6.45, 7) is 3.90. The Morgan fingerprint density at radius 2 is 1.91 bits per heavy atom. The molecule has 1 fully saturated rings. The molecule has 0 radical (unpaired) electrons. The Balaban J connectivity index is 1.70. The second kappa shape index (κ2) is 9.42. The molecule has 0 aliphatic carbocycles. The van der Waals surface area contributed by atoms with E-state index in [0.717, 1.165) is 15.8 Å². The smallest absolute Gasteiger partial charge is 0.259 e. The van der Waals surface area contributed by atoms with Crippen molar-refractivity contribution in [3.63, 3.8) is 0 Å². The van der Waals surface area contributed by atoms with E-state index < -0.39 is 9.84 Å². The normalized spacial score (nSPS) is 16.0. The zero-order valence-electron chi connectivity index (χ0n) is 19.7. The van der Waals surface area contributed by atoms with Crippen LogP contribution in [0.4, 0.5) is 0 Å². The molecule has 10 heteroatoms. The first-order valence-corrected chi connectivity index (χ1v) is 13.8. The molecule has 0 unspecified atom stereocenters. The van der Waals surface area contributed by atoms with E-state index in [9.17, 15) is 13.2 Å². The molecule has 3 aromatic rings. The molecule has 2 N–H and O–H groups in total. The number of thiophene rings is 1. The fourth-order valence-electron chi connectivity index (χ4n) is 4.08. The number of ether oxygens (including phenoxy) is 2. The lowest BCUT2D eigenvalue weighted by Crippen LogP contribution is -2.40. The number of pyridine rings is 1. The van der Waals surface area contributed by atoms with Gasteiger partial charge < -0.3 is 19.4 Å². The molecule has 0 amide bonds. The molecule has 1 aliphatic rings. The summed E-state index contributed by atoms with van der Waals surface area (Å²) >= 11 is 1.38. The molecule has 0 saturated carbocycles. The molecule has 3 heterocycles. The molecule has 1 aliphatic heterocycles. The van der Waals surface area contributed by atoms with E-state index >= 15 is 0 Å². The van der Waals surface area contributed by atoms with Gasteiger partial charge in [-0.3, -0.25) is 10.2 Å². The lowest BCUT2D eigenvalue weighted by atomic mass is 10.1. The van der Waals surface area contributed by atoms with Gasteiger partial charge in [0.2, 0.25) is 0 Å². The molecule has 8 nitrogen and oxygen atoms in total. The Hall–Kier alpha value is -2.85. The highest BCUT2D eigenvalue weighted by Crippen LogP contribution is 2.38. The van der Waals surface area contributed by atoms with Crippen molar-refractivity contribution in [2.24, 2.45) is 7.05 Å². The third-order valence-corrected chi connectivity index (χ3v) is 8.74. The number of aryl methyl sites for hydroxylation is 1. The van der Waals surface area contributed by atoms with Crippen molar-refractivity contribution < 1.29 is 17.9 Å². The summed E-state index contributed by atoms with van der Waals surface area (Å²) in [4.78, 5) is 13.5. The van der Waals surface area contributed by atoms with Crippen molar-refractivity contribution in [3.05, 3.63) is 45.7 Å². The van der Waals surface area contributed by atoms with Gasteiger partial charge >= 0.3 is 0 Å². The lowest BCUT2D eigenvalue weighted by Gasteiger charge is -2.23. The van der Waals surface area contributed by atoms with Crippen LogP contribution in [0.5, 0.6) is 11.5 Å². The SMILES string of the molecule is COc1cc(-c2cn(C)c(=O)c3cc(C(=N)NC4CCS(=O)(=O)CC4)sc23)ccc1OC(C)C. The van der Waals surface area contributed by atoms with Gasteiger partial charge in [-0.2, -0.15) is 0 Å². The minimum Gasteiger partial charge on any atom is -0.493 e. The molecule has 2 aromatic heterocycles. The quantitative estimate of drug-likeness (QED) is 0.393. The van der Waals surface area contributed by atoms with Crippen molar-refractivity contribution in [2.45, 2.75) is 38.8 Å². The molecule has 0 bridgehead atoms. The van der Waals surface area contributed by atoms with Crippen molar-refractivity contribution in [1.29, 1.82) is 5.41 Å². The number of sulfone groups is 1. The van der Waals surface area contributed by atoms with E-state index in [1.54, 1.807) is 31.0 Å². The predicted octanol–water partition coefficient (Wildman–Crippen LogP) is 3.55. The van der Waals surface area contributed by atoms with E-state index in [1.165, 1.54) is 11.3 Å². The zero-order chi connectivity index (χ0) is 24.6. The fraction of sp³-hybridized carbons (Fsp3) is 0.417. The van der Waals surface area contributed by atoms with Crippen LogP contribution in [0.25, 0.3) is 21.2 Å². The van der Waals surface area contributed by atoms with Gasteiger partial charge in [-0.1, -0.05) is 6.07 Å². The van der Waals surface area contributed by atoms with Crippen LogP contribution in [0.2, 0.25) is 0 Å². The van der Waals surface area contributed by atoms with Crippen LogP contribution in [0.15, 0.2) is 35.3 Å². The highest BCUT2D eigenvalue weighted by atomic mass is 32.2. The van der Waals surface area contributed by atoms with Crippen molar-refractivity contribution in [3.8, 4) is 22.6 Å². The molecule has 1 aromatic carbocycles. The first-order chi connectivity index (χ1) is 16.1. The molecule has 4 rings (SSSR count). The van der Waals surface area contributed by atoms with Crippen LogP contribution in [0.1, 0.15) is 31.6 Å². The Morgan fingerprint density at radius 3 is 2.56 bits per heavy atom. The number of hydrogen-bond acceptors (Lipinski definition) is 7. The van der Waals surface area contributed by atoms with Gasteiger partial charge in [0.1, 0.15) is 15.7 Å². The highest BCUT2D eigenvalue weighted by Gasteiger charge is 2.25. The van der Waals surface area contributed by atoms with Gasteiger partial charge in [0.05, 0.1) is 35.0 Å². The zero-order valence-corrected chi connectivity index (χ0v) is 21.3. The lowest BCUT2D eigenvalue weighted by molar-refractivity contribution is 0.230. The Bertz CT molecular complexity index is 1390. The summed E-state index contributed by atoms with van der Waals surface area (Å²) in [5.41, 5.74) is 1.60. The summed E-state index contributed by atoms with van der Waals surface area (Å²) in [5, 5.41) is 12.3. The van der Waals surface area contributed by atoms with Crippen LogP contribution in [0, 0.1) is 5.41 Å². The van der Waals surface area contributed by atoms with Gasteiger partial charge in [0, 0.05) is 29.5 Å². The summed E-state index contributed by atoms with van der Waals surface area (Å²) in [7, 11) is 0.333. The number of benzene rings is 1. The summed E-state index contributed by atoms with van der Waals surface area (Å²) in [6.07, 6.45) is 2.76. The van der Waals surface area contributed by atoms with Crippen molar-refractivity contribution >= 4 is 37.1 Å². The number of nitrogens with zero attached hydrogens (tertiary/aromatic N) is 1. The number of aromatic nitrogens is 1. The Kier molecular flexibility index (Phi) is 6.73. The van der Waals surface area contributed by atoms with E-state index in [0.29, 0.717) is 34.6 Å². The molecule has 1 saturated heterocycles. The Labute approximate surface area is 202 Å². The predicted molar refractivity (Wildman–Crippen MR) is 136 cm³/mol. The van der Waals surface area contributed by atoms with Gasteiger partial charge in [0.15, 0.2) is 11.5 Å². The van der Waals surface area contributed by atoms with Crippen molar-refractivity contribution in [2.75, 3.05) is 18.6 Å². The van der Waals surface area contributed by atoms with Crippen LogP contribution in [-0.4, -0.2) is 49.6 Å². The maximum Gasteiger partial charge on any atom is 0.259 e. The van der Waals surface area contributed by atoms with Gasteiger partial charge in [-0.15, -0.1) is 11.3 Å². The van der Waals surface area contributed by atoms with Crippen LogP contribution in [0.3, 0.4) is 0 Å². The first-order valence-electron chi connectivity index (χ1n) is 11.1. The van der Waals surface area contributed by atoms with Crippen LogP contribution >= 0.6 is 11.3 Å². The van der Waals surface area contributed by atoms with Gasteiger partial charge in [0.25, 0.3) is 5.56 Å². The fourth-order valence-corrected chi connectivity index (χ4v) is 6.66. The van der Waals surface area contributed by atoms with E-state index in [-0.39, 0.29) is 35.0 Å². The third kappa shape index (κ3) is 4.97. The number of amidine groups is 1. The van der Waals surface area contributed by atoms with Crippen LogP contribution in [-0.2, 0) is 16.9 Å². The maximum atomic E-state index is 12.9. The summed E-state index contributed by atoms with van der Waals surface area (Å²) in [6, 6.07) is 7.36. The summed E-state index contributed by atoms with van der Waals surface area (Å²) in [5.74, 6) is 1.72. The first kappa shape index (κ1) is 24.3. The number of nitrogens with one attached hydrogen (secondary N) is 2. The Morgan fingerprint density at radius 1 is 1.21 bits per heavy atom.